The molecule has 0 aromatic rings. The number of hydrogen-bond acceptors (Lipinski definition) is 1. The van der Waals surface area contributed by atoms with Gasteiger partial charge in [0, 0.05) is 6.61 Å². The minimum absolute atomic E-state index is 0.159. The molecule has 58 valence electrons. The molecule has 0 radical (unpaired) electrons. The van der Waals surface area contributed by atoms with Gasteiger partial charge in [-0.15, -0.1) is 0 Å². The highest BCUT2D eigenvalue weighted by atomic mass is 16.3. The molecule has 0 amide bonds. The van der Waals surface area contributed by atoms with Crippen molar-refractivity contribution in [2.45, 2.75) is 26.7 Å². The molecule has 1 saturated carbocycles. The van der Waals surface area contributed by atoms with Crippen molar-refractivity contribution in [3.63, 3.8) is 0 Å². The lowest BCUT2D eigenvalue weighted by Crippen LogP contribution is -2.40. The second-order valence-electron chi connectivity index (χ2n) is 3.75. The highest BCUT2D eigenvalue weighted by molar-refractivity contribution is 5.09. The first-order valence-corrected chi connectivity index (χ1v) is 3.86. The van der Waals surface area contributed by atoms with E-state index in [1.54, 1.807) is 0 Å². The third kappa shape index (κ3) is 0.988. The van der Waals surface area contributed by atoms with Crippen molar-refractivity contribution in [2.75, 3.05) is 6.61 Å². The van der Waals surface area contributed by atoms with Gasteiger partial charge in [-0.2, -0.15) is 0 Å². The second-order valence-corrected chi connectivity index (χ2v) is 3.75. The van der Waals surface area contributed by atoms with Gasteiger partial charge < -0.3 is 5.11 Å². The molecule has 0 saturated heterocycles. The number of aliphatic hydroxyl groups is 1. The van der Waals surface area contributed by atoms with Crippen LogP contribution in [0.25, 0.3) is 0 Å². The molecule has 10 heavy (non-hydrogen) atoms. The molecular formula is C9H16O. The van der Waals surface area contributed by atoms with Crippen molar-refractivity contribution in [1.82, 2.24) is 0 Å². The van der Waals surface area contributed by atoms with Gasteiger partial charge in [0.2, 0.25) is 0 Å². The van der Waals surface area contributed by atoms with Crippen LogP contribution in [-0.4, -0.2) is 11.7 Å². The van der Waals surface area contributed by atoms with Crippen LogP contribution in [0.2, 0.25) is 0 Å². The highest BCUT2D eigenvalue weighted by Gasteiger charge is 2.42. The molecule has 1 N–H and O–H groups in total. The molecule has 0 aliphatic heterocycles. The number of allylic oxidation sites excluding steroid dienone is 1. The Kier molecular flexibility index (Phi) is 1.86. The Morgan fingerprint density at radius 2 is 2.40 bits per heavy atom. The Morgan fingerprint density at radius 3 is 2.50 bits per heavy atom. The number of hydrogen-bond donors (Lipinski definition) is 1. The van der Waals surface area contributed by atoms with Gasteiger partial charge in [-0.25, -0.2) is 0 Å². The normalized spacial score (nSPS) is 38.9. The Morgan fingerprint density at radius 1 is 1.80 bits per heavy atom. The van der Waals surface area contributed by atoms with Crippen LogP contribution in [0.5, 0.6) is 0 Å². The van der Waals surface area contributed by atoms with E-state index >= 15 is 0 Å². The van der Waals surface area contributed by atoms with E-state index in [2.05, 4.69) is 20.4 Å². The van der Waals surface area contributed by atoms with Crippen molar-refractivity contribution in [3.05, 3.63) is 12.2 Å². The zero-order chi connectivity index (χ0) is 7.78. The molecule has 2 atom stereocenters. The van der Waals surface area contributed by atoms with Gasteiger partial charge in [0.25, 0.3) is 0 Å². The van der Waals surface area contributed by atoms with Crippen LogP contribution in [0.1, 0.15) is 26.7 Å². The summed E-state index contributed by atoms with van der Waals surface area (Å²) in [5, 5.41) is 9.02. The largest absolute Gasteiger partial charge is 0.396 e. The summed E-state index contributed by atoms with van der Waals surface area (Å²) in [5.74, 6) is 0.567. The smallest absolute Gasteiger partial charge is 0.0490 e. The van der Waals surface area contributed by atoms with Gasteiger partial charge in [-0.05, 0) is 31.1 Å². The van der Waals surface area contributed by atoms with Crippen LogP contribution in [-0.2, 0) is 0 Å². The van der Waals surface area contributed by atoms with E-state index in [1.165, 1.54) is 12.0 Å². The second kappa shape index (κ2) is 2.39. The molecule has 1 rings (SSSR count). The lowest BCUT2D eigenvalue weighted by Gasteiger charge is -2.46. The SMILES string of the molecule is C=C(C)[C@H]1CC[C@]1(C)CO. The maximum absolute atomic E-state index is 9.02. The lowest BCUT2D eigenvalue weighted by molar-refractivity contribution is 0.0111. The van der Waals surface area contributed by atoms with Crippen LogP contribution in [0, 0.1) is 11.3 Å². The fourth-order valence-electron chi connectivity index (χ4n) is 1.81. The summed E-state index contributed by atoms with van der Waals surface area (Å²) >= 11 is 0. The zero-order valence-corrected chi connectivity index (χ0v) is 6.85. The summed E-state index contributed by atoms with van der Waals surface area (Å²) in [5.41, 5.74) is 1.38. The molecule has 0 aromatic heterocycles. The minimum atomic E-state index is 0.159. The average Bonchev–Trinajstić information content (AvgIpc) is 1.83. The van der Waals surface area contributed by atoms with Crippen molar-refractivity contribution in [1.29, 1.82) is 0 Å². The van der Waals surface area contributed by atoms with Gasteiger partial charge in [0.05, 0.1) is 0 Å². The first kappa shape index (κ1) is 7.80. The summed E-state index contributed by atoms with van der Waals surface area (Å²) in [6.07, 6.45) is 2.37. The van der Waals surface area contributed by atoms with E-state index < -0.39 is 0 Å². The molecular weight excluding hydrogens is 124 g/mol. The summed E-state index contributed by atoms with van der Waals surface area (Å²) in [7, 11) is 0. The van der Waals surface area contributed by atoms with Crippen LogP contribution < -0.4 is 0 Å². The quantitative estimate of drug-likeness (QED) is 0.581. The molecule has 0 spiro atoms. The van der Waals surface area contributed by atoms with Gasteiger partial charge in [0.1, 0.15) is 0 Å². The van der Waals surface area contributed by atoms with E-state index in [1.807, 2.05) is 0 Å². The molecule has 1 aliphatic rings. The Balaban J connectivity index is 2.57. The third-order valence-corrected chi connectivity index (χ3v) is 2.80. The Bertz CT molecular complexity index is 147. The van der Waals surface area contributed by atoms with Crippen LogP contribution in [0.15, 0.2) is 12.2 Å². The van der Waals surface area contributed by atoms with Gasteiger partial charge in [0.15, 0.2) is 0 Å². The Labute approximate surface area is 62.8 Å². The number of rotatable bonds is 2. The average molecular weight is 140 g/mol. The van der Waals surface area contributed by atoms with Crippen molar-refractivity contribution < 1.29 is 5.11 Å². The zero-order valence-electron chi connectivity index (χ0n) is 6.85. The van der Waals surface area contributed by atoms with Crippen LogP contribution >= 0.6 is 0 Å². The molecule has 1 heteroatoms. The van der Waals surface area contributed by atoms with Gasteiger partial charge >= 0.3 is 0 Å². The Hall–Kier alpha value is -0.300. The summed E-state index contributed by atoms with van der Waals surface area (Å²) in [6.45, 7) is 8.41. The minimum Gasteiger partial charge on any atom is -0.396 e. The standard InChI is InChI=1S/C9H16O/c1-7(2)8-4-5-9(8,3)6-10/h8,10H,1,4-6H2,2-3H3/t8-,9-/m1/s1. The number of aliphatic hydroxyl groups excluding tert-OH is 1. The molecule has 1 fully saturated rings. The first-order valence-electron chi connectivity index (χ1n) is 3.86. The maximum atomic E-state index is 9.02. The molecule has 0 bridgehead atoms. The van der Waals surface area contributed by atoms with Gasteiger partial charge in [-0.3, -0.25) is 0 Å². The monoisotopic (exact) mass is 140 g/mol. The van der Waals surface area contributed by atoms with Crippen LogP contribution in [0.4, 0.5) is 0 Å². The van der Waals surface area contributed by atoms with E-state index in [-0.39, 0.29) is 5.41 Å². The summed E-state index contributed by atoms with van der Waals surface area (Å²) in [4.78, 5) is 0. The third-order valence-electron chi connectivity index (χ3n) is 2.80. The van der Waals surface area contributed by atoms with Gasteiger partial charge in [-0.1, -0.05) is 19.1 Å². The maximum Gasteiger partial charge on any atom is 0.0490 e. The summed E-state index contributed by atoms with van der Waals surface area (Å²) in [6, 6.07) is 0. The predicted octanol–water partition coefficient (Wildman–Crippen LogP) is 1.97. The lowest BCUT2D eigenvalue weighted by atomic mass is 9.59. The molecule has 0 aromatic carbocycles. The van der Waals surface area contributed by atoms with E-state index in [9.17, 15) is 0 Å². The summed E-state index contributed by atoms with van der Waals surface area (Å²) < 4.78 is 0. The fourth-order valence-corrected chi connectivity index (χ4v) is 1.81. The fraction of sp³-hybridized carbons (Fsp3) is 0.778. The van der Waals surface area contributed by atoms with E-state index in [0.29, 0.717) is 12.5 Å². The van der Waals surface area contributed by atoms with Crippen molar-refractivity contribution >= 4 is 0 Å². The molecule has 0 unspecified atom stereocenters. The highest BCUT2D eigenvalue weighted by Crippen LogP contribution is 2.49. The van der Waals surface area contributed by atoms with Crippen molar-refractivity contribution in [3.8, 4) is 0 Å². The first-order chi connectivity index (χ1) is 4.60. The molecule has 0 heterocycles. The molecule has 1 aliphatic carbocycles. The molecule has 1 nitrogen and oxygen atoms in total. The topological polar surface area (TPSA) is 20.2 Å². The van der Waals surface area contributed by atoms with Crippen LogP contribution in [0.3, 0.4) is 0 Å². The predicted molar refractivity (Wildman–Crippen MR) is 42.7 cm³/mol. The van der Waals surface area contributed by atoms with Crippen molar-refractivity contribution in [2.24, 2.45) is 11.3 Å². The van der Waals surface area contributed by atoms with E-state index in [4.69, 9.17) is 5.11 Å². The van der Waals surface area contributed by atoms with E-state index in [0.717, 1.165) is 6.42 Å².